The Morgan fingerprint density at radius 2 is 1.96 bits per heavy atom. The van der Waals surface area contributed by atoms with Crippen LogP contribution in [0.15, 0.2) is 53.4 Å². The average molecular weight is 366 g/mol. The van der Waals surface area contributed by atoms with Gasteiger partial charge in [0.15, 0.2) is 0 Å². The molecule has 0 saturated heterocycles. The van der Waals surface area contributed by atoms with Crippen LogP contribution in [-0.2, 0) is 6.18 Å². The predicted octanol–water partition coefficient (Wildman–Crippen LogP) is 2.29. The molecule has 0 atom stereocenters. The van der Waals surface area contributed by atoms with Crippen LogP contribution in [-0.4, -0.2) is 27.3 Å². The normalized spacial score (nSPS) is 17.0. The summed E-state index contributed by atoms with van der Waals surface area (Å²) in [5, 5.41) is 20.5. The minimum Gasteiger partial charge on any atom is -0.404 e. The minimum absolute atomic E-state index is 0.0276. The second kappa shape index (κ2) is 6.75. The SMILES string of the molecule is CC(C)(O)C1=CC(=N)/C(=C\N)C=C1NC(=O)c1cccc(C(F)(F)F)n1. The Morgan fingerprint density at radius 3 is 2.50 bits per heavy atom. The Hall–Kier alpha value is -2.94. The van der Waals surface area contributed by atoms with Gasteiger partial charge in [-0.1, -0.05) is 6.07 Å². The average Bonchev–Trinajstić information content (AvgIpc) is 2.54. The first-order valence-corrected chi connectivity index (χ1v) is 7.46. The van der Waals surface area contributed by atoms with Crippen LogP contribution < -0.4 is 11.1 Å². The number of hydrogen-bond acceptors (Lipinski definition) is 5. The number of nitrogens with one attached hydrogen (secondary N) is 2. The number of aromatic nitrogens is 1. The Kier molecular flexibility index (Phi) is 5.04. The molecule has 1 aromatic heterocycles. The van der Waals surface area contributed by atoms with Crippen molar-refractivity contribution in [2.24, 2.45) is 5.73 Å². The maximum atomic E-state index is 12.8. The van der Waals surface area contributed by atoms with E-state index in [4.69, 9.17) is 11.1 Å². The molecule has 26 heavy (non-hydrogen) atoms. The standard InChI is InChI=1S/C17H17F3N4O2/c1-16(2,26)10-7-11(22)9(8-21)6-13(10)24-15(25)12-4-3-5-14(23-12)17(18,19)20/h3-8,22,26H,21H2,1-2H3,(H,24,25)/b9-8-,22-11?. The lowest BCUT2D eigenvalue weighted by Gasteiger charge is -2.27. The third-order valence-corrected chi connectivity index (χ3v) is 3.55. The summed E-state index contributed by atoms with van der Waals surface area (Å²) in [6.07, 6.45) is -0.841. The summed E-state index contributed by atoms with van der Waals surface area (Å²) in [5.74, 6) is -0.887. The fourth-order valence-corrected chi connectivity index (χ4v) is 2.27. The molecule has 5 N–H and O–H groups in total. The molecule has 0 saturated carbocycles. The lowest BCUT2D eigenvalue weighted by atomic mass is 9.87. The number of nitrogens with two attached hydrogens (primary N) is 1. The largest absolute Gasteiger partial charge is 0.433 e. The van der Waals surface area contributed by atoms with Crippen LogP contribution in [0.2, 0.25) is 0 Å². The van der Waals surface area contributed by atoms with E-state index in [1.165, 1.54) is 26.0 Å². The number of nitrogens with zero attached hydrogens (tertiary/aromatic N) is 1. The van der Waals surface area contributed by atoms with E-state index in [-0.39, 0.29) is 22.6 Å². The molecule has 1 aromatic rings. The lowest BCUT2D eigenvalue weighted by Crippen LogP contribution is -2.34. The Bertz CT molecular complexity index is 846. The number of rotatable bonds is 3. The fourth-order valence-electron chi connectivity index (χ4n) is 2.27. The number of alkyl halides is 3. The number of hydrogen-bond donors (Lipinski definition) is 4. The van der Waals surface area contributed by atoms with E-state index in [2.05, 4.69) is 10.3 Å². The number of aliphatic hydroxyl groups is 1. The number of halogens is 3. The van der Waals surface area contributed by atoms with Gasteiger partial charge in [0, 0.05) is 23.0 Å². The molecule has 138 valence electrons. The molecule has 0 aliphatic heterocycles. The third kappa shape index (κ3) is 4.17. The Labute approximate surface area is 147 Å². The molecular weight excluding hydrogens is 349 g/mol. The smallest absolute Gasteiger partial charge is 0.404 e. The summed E-state index contributed by atoms with van der Waals surface area (Å²) in [7, 11) is 0. The fraction of sp³-hybridized carbons (Fsp3) is 0.235. The predicted molar refractivity (Wildman–Crippen MR) is 89.2 cm³/mol. The first-order chi connectivity index (χ1) is 11.9. The van der Waals surface area contributed by atoms with E-state index < -0.39 is 29.1 Å². The zero-order valence-electron chi connectivity index (χ0n) is 14.0. The van der Waals surface area contributed by atoms with E-state index in [9.17, 15) is 23.1 Å². The molecule has 1 amide bonds. The van der Waals surface area contributed by atoms with Gasteiger partial charge in [-0.05, 0) is 38.1 Å². The van der Waals surface area contributed by atoms with Crippen molar-refractivity contribution < 1.29 is 23.1 Å². The highest BCUT2D eigenvalue weighted by Crippen LogP contribution is 2.29. The van der Waals surface area contributed by atoms with Gasteiger partial charge in [0.05, 0.1) is 11.3 Å². The van der Waals surface area contributed by atoms with Crippen LogP contribution in [0.1, 0.15) is 30.0 Å². The molecule has 1 aliphatic carbocycles. The van der Waals surface area contributed by atoms with Crippen LogP contribution in [0, 0.1) is 5.41 Å². The molecular formula is C17H17F3N4O2. The van der Waals surface area contributed by atoms with Crippen molar-refractivity contribution in [2.45, 2.75) is 25.6 Å². The maximum Gasteiger partial charge on any atom is 0.433 e. The molecule has 0 fully saturated rings. The van der Waals surface area contributed by atoms with E-state index in [1.807, 2.05) is 0 Å². The second-order valence-electron chi connectivity index (χ2n) is 6.07. The number of allylic oxidation sites excluding steroid dienone is 3. The van der Waals surface area contributed by atoms with Crippen LogP contribution in [0.4, 0.5) is 13.2 Å². The van der Waals surface area contributed by atoms with Crippen molar-refractivity contribution in [3.63, 3.8) is 0 Å². The van der Waals surface area contributed by atoms with E-state index >= 15 is 0 Å². The Morgan fingerprint density at radius 1 is 1.31 bits per heavy atom. The van der Waals surface area contributed by atoms with Crippen molar-refractivity contribution in [3.8, 4) is 0 Å². The summed E-state index contributed by atoms with van der Waals surface area (Å²) in [4.78, 5) is 15.7. The molecule has 2 rings (SSSR count). The minimum atomic E-state index is -4.68. The van der Waals surface area contributed by atoms with Crippen molar-refractivity contribution >= 4 is 11.6 Å². The first kappa shape index (κ1) is 19.4. The summed E-state index contributed by atoms with van der Waals surface area (Å²) in [5.41, 5.74) is 3.04. The highest BCUT2D eigenvalue weighted by atomic mass is 19.4. The molecule has 1 aliphatic rings. The van der Waals surface area contributed by atoms with E-state index in [1.54, 1.807) is 0 Å². The van der Waals surface area contributed by atoms with Crippen LogP contribution in [0.25, 0.3) is 0 Å². The molecule has 0 unspecified atom stereocenters. The quantitative estimate of drug-likeness (QED) is 0.657. The monoisotopic (exact) mass is 366 g/mol. The topological polar surface area (TPSA) is 112 Å². The van der Waals surface area contributed by atoms with Gasteiger partial charge >= 0.3 is 6.18 Å². The van der Waals surface area contributed by atoms with E-state index in [0.29, 0.717) is 0 Å². The van der Waals surface area contributed by atoms with Gasteiger partial charge in [-0.15, -0.1) is 0 Å². The van der Waals surface area contributed by atoms with Crippen molar-refractivity contribution in [1.29, 1.82) is 5.41 Å². The maximum absolute atomic E-state index is 12.8. The van der Waals surface area contributed by atoms with Crippen LogP contribution >= 0.6 is 0 Å². The Balaban J connectivity index is 2.37. The summed E-state index contributed by atoms with van der Waals surface area (Å²) < 4.78 is 38.3. The van der Waals surface area contributed by atoms with Gasteiger partial charge in [-0.3, -0.25) is 4.79 Å². The summed E-state index contributed by atoms with van der Waals surface area (Å²) in [6.45, 7) is 2.90. The van der Waals surface area contributed by atoms with Gasteiger partial charge in [-0.2, -0.15) is 13.2 Å². The van der Waals surface area contributed by atoms with Gasteiger partial charge in [0.2, 0.25) is 0 Å². The van der Waals surface area contributed by atoms with Gasteiger partial charge in [0.1, 0.15) is 11.4 Å². The molecule has 0 radical (unpaired) electrons. The second-order valence-corrected chi connectivity index (χ2v) is 6.07. The van der Waals surface area contributed by atoms with Crippen LogP contribution in [0.5, 0.6) is 0 Å². The first-order valence-electron chi connectivity index (χ1n) is 7.46. The third-order valence-electron chi connectivity index (χ3n) is 3.55. The van der Waals surface area contributed by atoms with Crippen molar-refractivity contribution in [2.75, 3.05) is 0 Å². The van der Waals surface area contributed by atoms with Gasteiger partial charge < -0.3 is 21.6 Å². The zero-order chi connectivity index (χ0) is 19.7. The zero-order valence-corrected chi connectivity index (χ0v) is 14.0. The number of carbonyl (C=O) groups is 1. The highest BCUT2D eigenvalue weighted by molar-refractivity contribution is 6.11. The molecule has 1 heterocycles. The van der Waals surface area contributed by atoms with Gasteiger partial charge in [-0.25, -0.2) is 4.98 Å². The molecule has 0 aromatic carbocycles. The number of amides is 1. The number of pyridine rings is 1. The molecule has 0 bridgehead atoms. The van der Waals surface area contributed by atoms with Crippen LogP contribution in [0.3, 0.4) is 0 Å². The summed E-state index contributed by atoms with van der Waals surface area (Å²) >= 11 is 0. The molecule has 0 spiro atoms. The number of carbonyl (C=O) groups excluding carboxylic acids is 1. The van der Waals surface area contributed by atoms with Crippen molar-refractivity contribution in [1.82, 2.24) is 10.3 Å². The van der Waals surface area contributed by atoms with Crippen molar-refractivity contribution in [3.05, 3.63) is 64.8 Å². The lowest BCUT2D eigenvalue weighted by molar-refractivity contribution is -0.141. The van der Waals surface area contributed by atoms with E-state index in [0.717, 1.165) is 24.4 Å². The molecule has 6 nitrogen and oxygen atoms in total. The molecule has 9 heteroatoms. The highest BCUT2D eigenvalue weighted by Gasteiger charge is 2.33. The summed E-state index contributed by atoms with van der Waals surface area (Å²) in [6, 6.07) is 2.98. The van der Waals surface area contributed by atoms with Gasteiger partial charge in [0.25, 0.3) is 5.91 Å².